The number of sulfone groups is 1. The van der Waals surface area contributed by atoms with Gasteiger partial charge in [-0.2, -0.15) is 0 Å². The van der Waals surface area contributed by atoms with Gasteiger partial charge in [-0.05, 0) is 123 Å². The Morgan fingerprint density at radius 1 is 0.600 bits per heavy atom. The highest BCUT2D eigenvalue weighted by Gasteiger charge is 2.22. The van der Waals surface area contributed by atoms with Gasteiger partial charge in [-0.1, -0.05) is 62.4 Å². The molecule has 0 aliphatic carbocycles. The molecule has 2 heterocycles. The molecular formula is C48H52F2N2O6S2. The maximum absolute atomic E-state index is 12.9. The van der Waals surface area contributed by atoms with Crippen LogP contribution >= 0.6 is 11.8 Å². The van der Waals surface area contributed by atoms with Crippen LogP contribution in [-0.2, 0) is 56.6 Å². The van der Waals surface area contributed by atoms with Crippen molar-refractivity contribution in [3.8, 4) is 22.9 Å². The first-order chi connectivity index (χ1) is 28.8. The first kappa shape index (κ1) is 45.9. The number of hydrogen-bond donors (Lipinski definition) is 0. The molecule has 0 N–H and O–H groups in total. The van der Waals surface area contributed by atoms with Crippen LogP contribution in [0.5, 0.6) is 0 Å². The molecule has 6 aromatic rings. The summed E-state index contributed by atoms with van der Waals surface area (Å²) >= 11 is 1.57. The van der Waals surface area contributed by atoms with E-state index < -0.39 is 15.6 Å². The Balaban J connectivity index is 0.000000228. The second-order valence-corrected chi connectivity index (χ2v) is 17.8. The van der Waals surface area contributed by atoms with Crippen LogP contribution in [0.15, 0.2) is 106 Å². The molecule has 2 aromatic heterocycles. The number of halogens is 2. The molecule has 0 aliphatic rings. The van der Waals surface area contributed by atoms with Gasteiger partial charge in [-0.3, -0.25) is 9.59 Å². The average molecular weight is 855 g/mol. The molecule has 0 spiro atoms. The molecule has 0 radical (unpaired) electrons. The fraction of sp³-hybridized carbons (Fsp3) is 0.333. The van der Waals surface area contributed by atoms with Crippen molar-refractivity contribution >= 4 is 33.2 Å². The third kappa shape index (κ3) is 14.5. The molecule has 8 nitrogen and oxygen atoms in total. The molecule has 0 aliphatic heterocycles. The minimum atomic E-state index is -3.66. The van der Waals surface area contributed by atoms with Crippen molar-refractivity contribution in [2.45, 2.75) is 90.6 Å². The summed E-state index contributed by atoms with van der Waals surface area (Å²) in [5.74, 6) is 1.86. The molecule has 0 atom stereocenters. The van der Waals surface area contributed by atoms with Crippen molar-refractivity contribution in [1.82, 2.24) is 9.97 Å². The molecule has 316 valence electrons. The van der Waals surface area contributed by atoms with Crippen molar-refractivity contribution in [3.63, 3.8) is 0 Å². The molecule has 6 rings (SSSR count). The largest absolute Gasteiger partial charge is 0.441 e. The van der Waals surface area contributed by atoms with E-state index in [1.807, 2.05) is 43.3 Å². The van der Waals surface area contributed by atoms with Crippen LogP contribution in [0.2, 0.25) is 0 Å². The first-order valence-corrected chi connectivity index (χ1v) is 23.2. The summed E-state index contributed by atoms with van der Waals surface area (Å²) in [6, 6.07) is 28.5. The highest BCUT2D eigenvalue weighted by molar-refractivity contribution is 7.99. The zero-order valence-electron chi connectivity index (χ0n) is 34.6. The number of rotatable bonds is 20. The highest BCUT2D eigenvalue weighted by Crippen LogP contribution is 2.26. The summed E-state index contributed by atoms with van der Waals surface area (Å²) in [6.07, 6.45) is 5.30. The Bertz CT molecular complexity index is 2410. The van der Waals surface area contributed by atoms with Gasteiger partial charge in [-0.25, -0.2) is 27.2 Å². The summed E-state index contributed by atoms with van der Waals surface area (Å²) in [5, 5.41) is 0. The molecule has 60 heavy (non-hydrogen) atoms. The van der Waals surface area contributed by atoms with E-state index in [2.05, 4.69) is 35.9 Å². The van der Waals surface area contributed by atoms with Crippen LogP contribution in [0.1, 0.15) is 84.7 Å². The maximum atomic E-state index is 12.9. The maximum Gasteiger partial charge on any atom is 0.226 e. The van der Waals surface area contributed by atoms with E-state index >= 15 is 0 Å². The number of aromatic nitrogens is 2. The quantitative estimate of drug-likeness (QED) is 0.0739. The smallest absolute Gasteiger partial charge is 0.226 e. The number of Topliss-reactive ketones (excluding diaryl/α,β-unsaturated/α-hetero) is 2. The van der Waals surface area contributed by atoms with Gasteiger partial charge in [0.25, 0.3) is 0 Å². The second kappa shape index (κ2) is 22.4. The molecule has 0 unspecified atom stereocenters. The minimum Gasteiger partial charge on any atom is -0.441 e. The van der Waals surface area contributed by atoms with E-state index in [9.17, 15) is 26.8 Å². The Kier molecular flexibility index (Phi) is 17.1. The van der Waals surface area contributed by atoms with Gasteiger partial charge in [0.2, 0.25) is 11.8 Å². The van der Waals surface area contributed by atoms with Crippen molar-refractivity contribution in [2.24, 2.45) is 0 Å². The molecule has 0 bridgehead atoms. The molecule has 12 heteroatoms. The van der Waals surface area contributed by atoms with E-state index in [-0.39, 0.29) is 35.4 Å². The van der Waals surface area contributed by atoms with E-state index in [0.29, 0.717) is 54.0 Å². The lowest BCUT2D eigenvalue weighted by Gasteiger charge is -2.04. The number of hydrogen-bond acceptors (Lipinski definition) is 9. The number of ketones is 2. The van der Waals surface area contributed by atoms with Crippen LogP contribution < -0.4 is 0 Å². The fourth-order valence-corrected chi connectivity index (χ4v) is 8.69. The third-order valence-corrected chi connectivity index (χ3v) is 12.4. The SMILES string of the molecule is CCc1ccc(-c2nc(CS(=O)(=O)CC(=O)CCCc3ccc(F)cc3)c(C)o2)cc1.CCc1ccc(-c2nc(CSCC(=O)CCCc3ccc(F)cc3)c(C)o2)cc1. The topological polar surface area (TPSA) is 120 Å². The third-order valence-electron chi connectivity index (χ3n) is 9.91. The average Bonchev–Trinajstić information content (AvgIpc) is 3.79. The zero-order chi connectivity index (χ0) is 43.1. The summed E-state index contributed by atoms with van der Waals surface area (Å²) in [5.41, 5.74) is 7.41. The van der Waals surface area contributed by atoms with Gasteiger partial charge in [0.05, 0.1) is 22.9 Å². The number of carbonyl (C=O) groups is 2. The van der Waals surface area contributed by atoms with E-state index in [0.717, 1.165) is 59.4 Å². The zero-order valence-corrected chi connectivity index (χ0v) is 36.3. The number of nitrogens with zero attached hydrogens (tertiary/aromatic N) is 2. The van der Waals surface area contributed by atoms with Crippen LogP contribution in [0.3, 0.4) is 0 Å². The molecular weight excluding hydrogens is 803 g/mol. The molecule has 0 saturated carbocycles. The number of thioether (sulfide) groups is 1. The lowest BCUT2D eigenvalue weighted by molar-refractivity contribution is -0.117. The Morgan fingerprint density at radius 2 is 1.02 bits per heavy atom. The lowest BCUT2D eigenvalue weighted by atomic mass is 10.1. The lowest BCUT2D eigenvalue weighted by Crippen LogP contribution is -2.18. The van der Waals surface area contributed by atoms with E-state index in [1.165, 1.54) is 35.4 Å². The molecule has 0 saturated heterocycles. The fourth-order valence-electron chi connectivity index (χ4n) is 6.33. The van der Waals surface area contributed by atoms with Gasteiger partial charge in [0.15, 0.2) is 9.84 Å². The predicted molar refractivity (Wildman–Crippen MR) is 234 cm³/mol. The summed E-state index contributed by atoms with van der Waals surface area (Å²) < 4.78 is 62.3. The van der Waals surface area contributed by atoms with E-state index in [4.69, 9.17) is 8.83 Å². The molecule has 4 aromatic carbocycles. The van der Waals surface area contributed by atoms with Crippen molar-refractivity contribution < 1.29 is 35.6 Å². The van der Waals surface area contributed by atoms with E-state index in [1.54, 1.807) is 43.0 Å². The number of benzene rings is 4. The van der Waals surface area contributed by atoms with Crippen LogP contribution in [0.25, 0.3) is 22.9 Å². The van der Waals surface area contributed by atoms with Crippen LogP contribution in [-0.4, -0.2) is 41.5 Å². The summed E-state index contributed by atoms with van der Waals surface area (Å²) in [6.45, 7) is 7.78. The van der Waals surface area contributed by atoms with Crippen molar-refractivity contribution in [3.05, 3.63) is 154 Å². The number of aryl methyl sites for hydroxylation is 6. The normalized spacial score (nSPS) is 11.3. The predicted octanol–water partition coefficient (Wildman–Crippen LogP) is 11.0. The Labute approximate surface area is 356 Å². The molecule has 0 fully saturated rings. The summed E-state index contributed by atoms with van der Waals surface area (Å²) in [7, 11) is -3.66. The number of carbonyl (C=O) groups excluding carboxylic acids is 2. The van der Waals surface area contributed by atoms with Gasteiger partial charge < -0.3 is 8.83 Å². The monoisotopic (exact) mass is 854 g/mol. The van der Waals surface area contributed by atoms with Crippen molar-refractivity contribution in [2.75, 3.05) is 11.5 Å². The highest BCUT2D eigenvalue weighted by atomic mass is 32.2. The van der Waals surface area contributed by atoms with Gasteiger partial charge in [-0.15, -0.1) is 11.8 Å². The summed E-state index contributed by atoms with van der Waals surface area (Å²) in [4.78, 5) is 33.3. The van der Waals surface area contributed by atoms with Gasteiger partial charge in [0.1, 0.15) is 40.5 Å². The Hall–Kier alpha value is -5.20. The standard InChI is InChI=1S/C24H26FNO4S.C24H26FNO2S/c1-3-18-7-11-20(12-8-18)24-26-23(17(2)30-24)16-31(28,29)15-22(27)6-4-5-19-9-13-21(25)14-10-19;1-3-18-7-11-20(12-8-18)24-26-23(17(2)28-24)16-29-15-22(27)6-4-5-19-9-13-21(25)14-10-19/h7-14H,3-6,15-16H2,1-2H3;7-14H,3-6,15-16H2,1-2H3. The minimum absolute atomic E-state index is 0.156. The van der Waals surface area contributed by atoms with Crippen molar-refractivity contribution in [1.29, 1.82) is 0 Å². The second-order valence-electron chi connectivity index (χ2n) is 14.7. The van der Waals surface area contributed by atoms with Gasteiger partial charge >= 0.3 is 0 Å². The molecule has 0 amide bonds. The van der Waals surface area contributed by atoms with Crippen LogP contribution in [0.4, 0.5) is 8.78 Å². The first-order valence-electron chi connectivity index (χ1n) is 20.2. The Morgan fingerprint density at radius 3 is 1.48 bits per heavy atom. The van der Waals surface area contributed by atoms with Crippen LogP contribution in [0, 0.1) is 25.5 Å². The number of oxazole rings is 2. The van der Waals surface area contributed by atoms with Gasteiger partial charge in [0, 0.05) is 29.7 Å².